The van der Waals surface area contributed by atoms with E-state index in [1.165, 1.54) is 19.3 Å². The molecule has 1 aromatic rings. The normalized spacial score (nSPS) is 25.9. The smallest absolute Gasteiger partial charge is 0.168 e. The van der Waals surface area contributed by atoms with Crippen molar-refractivity contribution in [3.8, 4) is 0 Å². The SMILES string of the molecule is CNC(C)c1nnnn1C1CCC(C)(C)C1. The van der Waals surface area contributed by atoms with Gasteiger partial charge in [-0.05, 0) is 49.1 Å². The molecule has 1 heterocycles. The summed E-state index contributed by atoms with van der Waals surface area (Å²) < 4.78 is 2.01. The van der Waals surface area contributed by atoms with Gasteiger partial charge in [0.2, 0.25) is 0 Å². The average Bonchev–Trinajstić information content (AvgIpc) is 2.82. The van der Waals surface area contributed by atoms with Gasteiger partial charge in [-0.1, -0.05) is 13.8 Å². The predicted molar refractivity (Wildman–Crippen MR) is 62.0 cm³/mol. The maximum absolute atomic E-state index is 4.15. The second kappa shape index (κ2) is 4.13. The van der Waals surface area contributed by atoms with Crippen LogP contribution >= 0.6 is 0 Å². The van der Waals surface area contributed by atoms with Crippen LogP contribution in [0.3, 0.4) is 0 Å². The Balaban J connectivity index is 2.19. The molecule has 5 nitrogen and oxygen atoms in total. The number of hydrogen-bond acceptors (Lipinski definition) is 4. The lowest BCUT2D eigenvalue weighted by Gasteiger charge is -2.18. The van der Waals surface area contributed by atoms with Crippen molar-refractivity contribution in [2.24, 2.45) is 5.41 Å². The lowest BCUT2D eigenvalue weighted by atomic mass is 9.92. The average molecular weight is 223 g/mol. The molecule has 0 spiro atoms. The zero-order valence-corrected chi connectivity index (χ0v) is 10.6. The number of tetrazole rings is 1. The molecule has 0 aromatic carbocycles. The first-order valence-corrected chi connectivity index (χ1v) is 5.98. The fourth-order valence-electron chi connectivity index (χ4n) is 2.48. The van der Waals surface area contributed by atoms with Crippen molar-refractivity contribution in [1.29, 1.82) is 0 Å². The summed E-state index contributed by atoms with van der Waals surface area (Å²) in [5, 5.41) is 15.3. The van der Waals surface area contributed by atoms with E-state index < -0.39 is 0 Å². The van der Waals surface area contributed by atoms with Gasteiger partial charge in [-0.3, -0.25) is 0 Å². The van der Waals surface area contributed by atoms with Gasteiger partial charge in [-0.2, -0.15) is 0 Å². The summed E-state index contributed by atoms with van der Waals surface area (Å²) in [5.74, 6) is 0.949. The van der Waals surface area contributed by atoms with Crippen LogP contribution in [0.15, 0.2) is 0 Å². The topological polar surface area (TPSA) is 55.6 Å². The lowest BCUT2D eigenvalue weighted by molar-refractivity contribution is 0.339. The highest BCUT2D eigenvalue weighted by Gasteiger charge is 2.34. The van der Waals surface area contributed by atoms with E-state index in [4.69, 9.17) is 0 Å². The van der Waals surface area contributed by atoms with Crippen LogP contribution in [0.25, 0.3) is 0 Å². The maximum atomic E-state index is 4.15. The van der Waals surface area contributed by atoms with Gasteiger partial charge in [-0.25, -0.2) is 4.68 Å². The molecule has 1 fully saturated rings. The summed E-state index contributed by atoms with van der Waals surface area (Å²) in [6.07, 6.45) is 3.61. The molecule has 0 aliphatic heterocycles. The van der Waals surface area contributed by atoms with Gasteiger partial charge >= 0.3 is 0 Å². The van der Waals surface area contributed by atoms with E-state index in [9.17, 15) is 0 Å². The Bertz CT molecular complexity index is 357. The molecular formula is C11H21N5. The quantitative estimate of drug-likeness (QED) is 0.847. The predicted octanol–water partition coefficient (Wildman–Crippen LogP) is 1.70. The van der Waals surface area contributed by atoms with E-state index in [1.807, 2.05) is 11.7 Å². The first-order chi connectivity index (χ1) is 7.53. The summed E-state index contributed by atoms with van der Waals surface area (Å²) in [6, 6.07) is 0.675. The monoisotopic (exact) mass is 223 g/mol. The van der Waals surface area contributed by atoms with Gasteiger partial charge in [0.15, 0.2) is 5.82 Å². The second-order valence-corrected chi connectivity index (χ2v) is 5.55. The molecule has 2 rings (SSSR count). The number of hydrogen-bond donors (Lipinski definition) is 1. The number of aromatic nitrogens is 4. The Morgan fingerprint density at radius 2 is 2.25 bits per heavy atom. The van der Waals surface area contributed by atoms with Gasteiger partial charge < -0.3 is 5.32 Å². The summed E-state index contributed by atoms with van der Waals surface area (Å²) in [5.41, 5.74) is 0.427. The third kappa shape index (κ3) is 2.09. The van der Waals surface area contributed by atoms with Gasteiger partial charge in [-0.15, -0.1) is 5.10 Å². The summed E-state index contributed by atoms with van der Waals surface area (Å²) in [7, 11) is 1.93. The van der Waals surface area contributed by atoms with E-state index >= 15 is 0 Å². The van der Waals surface area contributed by atoms with Gasteiger partial charge in [0.1, 0.15) is 0 Å². The molecule has 1 aliphatic carbocycles. The van der Waals surface area contributed by atoms with Crippen LogP contribution in [0.5, 0.6) is 0 Å². The van der Waals surface area contributed by atoms with Crippen molar-refractivity contribution in [3.63, 3.8) is 0 Å². The molecule has 0 saturated heterocycles. The van der Waals surface area contributed by atoms with Crippen LogP contribution in [0.4, 0.5) is 0 Å². The molecule has 1 aliphatic rings. The minimum absolute atomic E-state index is 0.207. The third-order valence-corrected chi connectivity index (χ3v) is 3.63. The fourth-order valence-corrected chi connectivity index (χ4v) is 2.48. The highest BCUT2D eigenvalue weighted by molar-refractivity contribution is 4.95. The summed E-state index contributed by atoms with van der Waals surface area (Å²) in [6.45, 7) is 6.72. The van der Waals surface area contributed by atoms with Crippen LogP contribution in [0.1, 0.15) is 57.9 Å². The van der Waals surface area contributed by atoms with Crippen LogP contribution in [0.2, 0.25) is 0 Å². The Kier molecular flexibility index (Phi) is 2.97. The van der Waals surface area contributed by atoms with Crippen molar-refractivity contribution in [1.82, 2.24) is 25.5 Å². The van der Waals surface area contributed by atoms with Crippen LogP contribution in [-0.4, -0.2) is 27.3 Å². The zero-order chi connectivity index (χ0) is 11.8. The minimum atomic E-state index is 0.207. The van der Waals surface area contributed by atoms with E-state index in [0.717, 1.165) is 5.82 Å². The maximum Gasteiger partial charge on any atom is 0.168 e. The molecule has 5 heteroatoms. The van der Waals surface area contributed by atoms with E-state index in [-0.39, 0.29) is 6.04 Å². The standard InChI is InChI=1S/C11H21N5/c1-8(12-4)10-13-14-15-16(10)9-5-6-11(2,3)7-9/h8-9,12H,5-7H2,1-4H3. The van der Waals surface area contributed by atoms with E-state index in [1.54, 1.807) is 0 Å². The first kappa shape index (κ1) is 11.5. The molecule has 0 bridgehead atoms. The van der Waals surface area contributed by atoms with Gasteiger partial charge in [0.05, 0.1) is 12.1 Å². The number of rotatable bonds is 3. The van der Waals surface area contributed by atoms with Crippen LogP contribution in [0, 0.1) is 5.41 Å². The molecule has 0 radical (unpaired) electrons. The van der Waals surface area contributed by atoms with Crippen molar-refractivity contribution in [2.45, 2.75) is 52.1 Å². The van der Waals surface area contributed by atoms with Crippen molar-refractivity contribution < 1.29 is 0 Å². The largest absolute Gasteiger partial charge is 0.311 e. The molecule has 2 atom stereocenters. The molecule has 2 unspecified atom stereocenters. The molecule has 1 saturated carbocycles. The Labute approximate surface area is 96.6 Å². The Morgan fingerprint density at radius 3 is 2.81 bits per heavy atom. The lowest BCUT2D eigenvalue weighted by Crippen LogP contribution is -2.21. The molecule has 90 valence electrons. The third-order valence-electron chi connectivity index (χ3n) is 3.63. The van der Waals surface area contributed by atoms with Crippen molar-refractivity contribution >= 4 is 0 Å². The molecule has 16 heavy (non-hydrogen) atoms. The highest BCUT2D eigenvalue weighted by atomic mass is 15.6. The van der Waals surface area contributed by atoms with Crippen LogP contribution in [-0.2, 0) is 0 Å². The second-order valence-electron chi connectivity index (χ2n) is 5.55. The van der Waals surface area contributed by atoms with Gasteiger partial charge in [0, 0.05) is 0 Å². The van der Waals surface area contributed by atoms with Gasteiger partial charge in [0.25, 0.3) is 0 Å². The molecule has 1 N–H and O–H groups in total. The minimum Gasteiger partial charge on any atom is -0.311 e. The molecule has 1 aromatic heterocycles. The Morgan fingerprint density at radius 1 is 1.50 bits per heavy atom. The first-order valence-electron chi connectivity index (χ1n) is 5.98. The number of nitrogens with one attached hydrogen (secondary N) is 1. The van der Waals surface area contributed by atoms with Crippen LogP contribution < -0.4 is 5.32 Å². The zero-order valence-electron chi connectivity index (χ0n) is 10.6. The van der Waals surface area contributed by atoms with Crippen molar-refractivity contribution in [3.05, 3.63) is 5.82 Å². The van der Waals surface area contributed by atoms with Crippen molar-refractivity contribution in [2.75, 3.05) is 7.05 Å². The highest BCUT2D eigenvalue weighted by Crippen LogP contribution is 2.43. The summed E-state index contributed by atoms with van der Waals surface area (Å²) in [4.78, 5) is 0. The molecule has 0 amide bonds. The van der Waals surface area contributed by atoms with E-state index in [2.05, 4.69) is 41.6 Å². The Hall–Kier alpha value is -0.970. The summed E-state index contributed by atoms with van der Waals surface area (Å²) >= 11 is 0. The number of nitrogens with zero attached hydrogens (tertiary/aromatic N) is 4. The molecular weight excluding hydrogens is 202 g/mol. The fraction of sp³-hybridized carbons (Fsp3) is 0.909. The van der Waals surface area contributed by atoms with E-state index in [0.29, 0.717) is 11.5 Å².